The van der Waals surface area contributed by atoms with Crippen LogP contribution >= 0.6 is 0 Å². The smallest absolute Gasteiger partial charge is 0.295 e. The molecule has 0 aliphatic heterocycles. The summed E-state index contributed by atoms with van der Waals surface area (Å²) < 4.78 is 5.49. The first-order valence-corrected chi connectivity index (χ1v) is 12.1. The van der Waals surface area contributed by atoms with E-state index in [0.29, 0.717) is 34.5 Å². The Morgan fingerprint density at radius 2 is 1.91 bits per heavy atom. The van der Waals surface area contributed by atoms with Gasteiger partial charge in [-0.05, 0) is 49.9 Å². The number of nitrogens with one attached hydrogen (secondary N) is 2. The standard InChI is InChI=1S/C23H29N7O5/c31-3-1-30(2-4-32)22(34)20-27-21(35-29-20)15-10-24-19-17(25-11-26-19)16(15)28-23-7-12-5-13(8-23)18(33)14(6-12)9-23/h10-14,18,31-33H,1-9H2,(H2,24,25,26,28)/t12?,13-,14+,18?,23?. The number of aliphatic hydroxyl groups excluding tert-OH is 3. The van der Waals surface area contributed by atoms with Crippen molar-refractivity contribution < 1.29 is 24.6 Å². The van der Waals surface area contributed by atoms with E-state index in [2.05, 4.69) is 30.4 Å². The van der Waals surface area contributed by atoms with Crippen molar-refractivity contribution in [1.82, 2.24) is 30.0 Å². The first-order chi connectivity index (χ1) is 17.0. The average Bonchev–Trinajstić information content (AvgIpc) is 3.52. The minimum atomic E-state index is -0.539. The monoisotopic (exact) mass is 483 g/mol. The lowest BCUT2D eigenvalue weighted by Gasteiger charge is -2.59. The van der Waals surface area contributed by atoms with Crippen molar-refractivity contribution in [2.75, 3.05) is 31.6 Å². The Balaban J connectivity index is 1.35. The van der Waals surface area contributed by atoms with Crippen LogP contribution in [0.15, 0.2) is 17.0 Å². The molecular weight excluding hydrogens is 454 g/mol. The molecular formula is C23H29N7O5. The number of anilines is 1. The van der Waals surface area contributed by atoms with Crippen LogP contribution in [0.2, 0.25) is 0 Å². The number of carbonyl (C=O) groups excluding carboxylic acids is 1. The molecule has 4 bridgehead atoms. The Hall–Kier alpha value is -3.09. The molecule has 12 heteroatoms. The minimum Gasteiger partial charge on any atom is -0.395 e. The number of pyridine rings is 1. The molecule has 4 aliphatic carbocycles. The molecule has 5 N–H and O–H groups in total. The van der Waals surface area contributed by atoms with Crippen molar-refractivity contribution in [3.63, 3.8) is 0 Å². The molecule has 3 aromatic rings. The van der Waals surface area contributed by atoms with E-state index in [4.69, 9.17) is 4.52 Å². The third-order valence-corrected chi connectivity index (χ3v) is 7.94. The van der Waals surface area contributed by atoms with Gasteiger partial charge in [-0.3, -0.25) is 4.79 Å². The zero-order valence-electron chi connectivity index (χ0n) is 19.2. The fourth-order valence-corrected chi connectivity index (χ4v) is 6.72. The molecule has 0 radical (unpaired) electrons. The molecule has 0 aromatic carbocycles. The predicted octanol–water partition coefficient (Wildman–Crippen LogP) is 0.786. The molecule has 186 valence electrons. The number of rotatable bonds is 8. The number of hydrogen-bond acceptors (Lipinski definition) is 10. The summed E-state index contributed by atoms with van der Waals surface area (Å²) in [4.78, 5) is 30.3. The summed E-state index contributed by atoms with van der Waals surface area (Å²) >= 11 is 0. The van der Waals surface area contributed by atoms with E-state index in [0.717, 1.165) is 37.8 Å². The Labute approximate surface area is 200 Å². The number of aliphatic hydroxyl groups is 3. The van der Waals surface area contributed by atoms with Crippen LogP contribution in [0.1, 0.15) is 42.7 Å². The average molecular weight is 484 g/mol. The maximum absolute atomic E-state index is 12.8. The van der Waals surface area contributed by atoms with Crippen molar-refractivity contribution >= 4 is 22.8 Å². The molecule has 4 saturated carbocycles. The van der Waals surface area contributed by atoms with Gasteiger partial charge in [0.25, 0.3) is 17.6 Å². The Bertz CT molecular complexity index is 1220. The van der Waals surface area contributed by atoms with Gasteiger partial charge in [-0.15, -0.1) is 0 Å². The summed E-state index contributed by atoms with van der Waals surface area (Å²) in [5.74, 6) is 0.639. The number of aromatic nitrogens is 5. The van der Waals surface area contributed by atoms with Crippen LogP contribution in [0.25, 0.3) is 22.6 Å². The SMILES string of the molecule is O=C(c1noc(-c2cnc3nc[nH]c3c2NC23CC4C[C@H](C2)C(O)[C@@H](C4)C3)n1)N(CCO)CCO. The number of imidazole rings is 1. The molecule has 0 saturated heterocycles. The van der Waals surface area contributed by atoms with Crippen LogP contribution in [-0.4, -0.2) is 89.2 Å². The lowest BCUT2D eigenvalue weighted by atomic mass is 9.51. The van der Waals surface area contributed by atoms with Crippen LogP contribution in [0.3, 0.4) is 0 Å². The Morgan fingerprint density at radius 1 is 1.17 bits per heavy atom. The maximum atomic E-state index is 12.8. The number of fused-ring (bicyclic) bond motifs is 1. The first kappa shape index (κ1) is 22.4. The van der Waals surface area contributed by atoms with Crippen LogP contribution < -0.4 is 5.32 Å². The number of H-pyrrole nitrogens is 1. The Kier molecular flexibility index (Phi) is 5.46. The van der Waals surface area contributed by atoms with Gasteiger partial charge in [0, 0.05) is 24.8 Å². The lowest BCUT2D eigenvalue weighted by Crippen LogP contribution is -2.60. The topological polar surface area (TPSA) is 174 Å². The summed E-state index contributed by atoms with van der Waals surface area (Å²) in [5.41, 5.74) is 2.41. The van der Waals surface area contributed by atoms with Crippen molar-refractivity contribution in [2.45, 2.75) is 43.7 Å². The van der Waals surface area contributed by atoms with E-state index in [1.807, 2.05) is 0 Å². The number of aromatic amines is 1. The molecule has 3 aromatic heterocycles. The third-order valence-electron chi connectivity index (χ3n) is 7.94. The van der Waals surface area contributed by atoms with Gasteiger partial charge in [0.2, 0.25) is 0 Å². The number of carbonyl (C=O) groups is 1. The highest BCUT2D eigenvalue weighted by molar-refractivity contribution is 5.95. The summed E-state index contributed by atoms with van der Waals surface area (Å²) in [7, 11) is 0. The van der Waals surface area contributed by atoms with Crippen LogP contribution in [0, 0.1) is 17.8 Å². The van der Waals surface area contributed by atoms with Gasteiger partial charge in [0.15, 0.2) is 5.65 Å². The fraction of sp³-hybridized carbons (Fsp3) is 0.609. The molecule has 12 nitrogen and oxygen atoms in total. The largest absolute Gasteiger partial charge is 0.395 e. The van der Waals surface area contributed by atoms with Crippen molar-refractivity contribution in [3.05, 3.63) is 18.3 Å². The van der Waals surface area contributed by atoms with E-state index in [1.165, 1.54) is 4.90 Å². The molecule has 3 heterocycles. The zero-order valence-corrected chi connectivity index (χ0v) is 19.2. The second kappa shape index (κ2) is 8.54. The van der Waals surface area contributed by atoms with E-state index in [9.17, 15) is 20.1 Å². The van der Waals surface area contributed by atoms with Gasteiger partial charge in [-0.2, -0.15) is 4.98 Å². The summed E-state index contributed by atoms with van der Waals surface area (Å²) in [6.45, 7) is -0.388. The zero-order chi connectivity index (χ0) is 24.2. The number of hydrogen-bond donors (Lipinski definition) is 5. The molecule has 0 spiro atoms. The quantitative estimate of drug-likeness (QED) is 0.308. The number of amides is 1. The van der Waals surface area contributed by atoms with Gasteiger partial charge < -0.3 is 35.0 Å². The maximum Gasteiger partial charge on any atom is 0.295 e. The van der Waals surface area contributed by atoms with E-state index in [-0.39, 0.29) is 49.7 Å². The van der Waals surface area contributed by atoms with Crippen molar-refractivity contribution in [3.8, 4) is 11.5 Å². The van der Waals surface area contributed by atoms with Gasteiger partial charge in [-0.25, -0.2) is 9.97 Å². The molecule has 3 unspecified atom stereocenters. The Morgan fingerprint density at radius 3 is 2.63 bits per heavy atom. The molecule has 7 rings (SSSR count). The fourth-order valence-electron chi connectivity index (χ4n) is 6.72. The summed E-state index contributed by atoms with van der Waals surface area (Å²) in [6.07, 6.45) is 7.95. The number of nitrogens with zero attached hydrogens (tertiary/aromatic N) is 5. The third kappa shape index (κ3) is 3.76. The summed E-state index contributed by atoms with van der Waals surface area (Å²) in [6, 6.07) is 0. The first-order valence-electron chi connectivity index (χ1n) is 12.1. The highest BCUT2D eigenvalue weighted by atomic mass is 16.5. The van der Waals surface area contributed by atoms with E-state index in [1.54, 1.807) is 12.5 Å². The van der Waals surface area contributed by atoms with Gasteiger partial charge in [-0.1, -0.05) is 5.16 Å². The van der Waals surface area contributed by atoms with Gasteiger partial charge >= 0.3 is 0 Å². The van der Waals surface area contributed by atoms with Crippen molar-refractivity contribution in [1.29, 1.82) is 0 Å². The minimum absolute atomic E-state index is 0.0512. The van der Waals surface area contributed by atoms with Gasteiger partial charge in [0.05, 0.1) is 36.9 Å². The summed E-state index contributed by atoms with van der Waals surface area (Å²) in [5, 5.41) is 36.8. The highest BCUT2D eigenvalue weighted by Crippen LogP contribution is 2.57. The van der Waals surface area contributed by atoms with Crippen LogP contribution in [-0.2, 0) is 0 Å². The lowest BCUT2D eigenvalue weighted by molar-refractivity contribution is -0.0960. The molecule has 4 aliphatic rings. The van der Waals surface area contributed by atoms with E-state index < -0.39 is 5.91 Å². The normalized spacial score (nSPS) is 29.1. The highest BCUT2D eigenvalue weighted by Gasteiger charge is 2.55. The second-order valence-electron chi connectivity index (χ2n) is 10.2. The molecule has 1 amide bonds. The molecule has 35 heavy (non-hydrogen) atoms. The van der Waals surface area contributed by atoms with E-state index >= 15 is 0 Å². The molecule has 4 fully saturated rings. The van der Waals surface area contributed by atoms with Crippen molar-refractivity contribution in [2.24, 2.45) is 17.8 Å². The van der Waals surface area contributed by atoms with Gasteiger partial charge in [0.1, 0.15) is 5.52 Å². The predicted molar refractivity (Wildman–Crippen MR) is 123 cm³/mol. The van der Waals surface area contributed by atoms with Crippen LogP contribution in [0.4, 0.5) is 5.69 Å². The molecule has 5 atom stereocenters. The second-order valence-corrected chi connectivity index (χ2v) is 10.2. The van der Waals surface area contributed by atoms with Crippen LogP contribution in [0.5, 0.6) is 0 Å².